The molecule has 0 saturated heterocycles. The Bertz CT molecular complexity index is 480. The van der Waals surface area contributed by atoms with Crippen LogP contribution in [0.2, 0.25) is 5.02 Å². The molecule has 0 aromatic heterocycles. The van der Waals surface area contributed by atoms with Gasteiger partial charge in [-0.3, -0.25) is 10.1 Å². The van der Waals surface area contributed by atoms with E-state index in [4.69, 9.17) is 11.6 Å². The van der Waals surface area contributed by atoms with Crippen molar-refractivity contribution in [3.8, 4) is 5.75 Å². The van der Waals surface area contributed by atoms with Crippen LogP contribution >= 0.6 is 11.6 Å². The Morgan fingerprint density at radius 1 is 1.45 bits per heavy atom. The largest absolute Gasteiger partial charge is 0.502 e. The Labute approximate surface area is 122 Å². The molecular formula is C13H19ClN2O4. The van der Waals surface area contributed by atoms with Crippen molar-refractivity contribution < 1.29 is 15.1 Å². The van der Waals surface area contributed by atoms with Crippen LogP contribution in [0, 0.1) is 16.0 Å². The van der Waals surface area contributed by atoms with E-state index < -0.39 is 22.5 Å². The highest BCUT2D eigenvalue weighted by atomic mass is 35.5. The monoisotopic (exact) mass is 302 g/mol. The number of phenols is 1. The van der Waals surface area contributed by atoms with Gasteiger partial charge in [-0.05, 0) is 18.4 Å². The molecule has 0 fully saturated rings. The maximum atomic E-state index is 10.8. The van der Waals surface area contributed by atoms with Gasteiger partial charge in [0.1, 0.15) is 0 Å². The second kappa shape index (κ2) is 7.42. The van der Waals surface area contributed by atoms with Gasteiger partial charge in [0.2, 0.25) is 0 Å². The molecule has 1 aromatic carbocycles. The summed E-state index contributed by atoms with van der Waals surface area (Å²) in [7, 11) is 0. The molecule has 0 radical (unpaired) electrons. The van der Waals surface area contributed by atoms with Gasteiger partial charge in [0.25, 0.3) is 0 Å². The highest BCUT2D eigenvalue weighted by Crippen LogP contribution is 2.33. The van der Waals surface area contributed by atoms with E-state index in [1.54, 1.807) is 0 Å². The summed E-state index contributed by atoms with van der Waals surface area (Å²) in [6.45, 7) is 4.56. The third-order valence-corrected chi connectivity index (χ3v) is 2.99. The number of nitro benzene ring substituents is 1. The molecule has 1 rings (SSSR count). The van der Waals surface area contributed by atoms with Crippen LogP contribution in [0.3, 0.4) is 0 Å². The zero-order valence-corrected chi connectivity index (χ0v) is 12.2. The third kappa shape index (κ3) is 4.96. The highest BCUT2D eigenvalue weighted by molar-refractivity contribution is 6.31. The predicted octanol–water partition coefficient (Wildman–Crippen LogP) is 2.45. The van der Waals surface area contributed by atoms with Crippen LogP contribution in [-0.2, 0) is 6.54 Å². The Morgan fingerprint density at radius 2 is 2.10 bits per heavy atom. The second-order valence-corrected chi connectivity index (χ2v) is 5.54. The molecule has 6 nitrogen and oxygen atoms in total. The molecule has 0 heterocycles. The maximum absolute atomic E-state index is 10.8. The number of nitro groups is 1. The molecule has 0 spiro atoms. The van der Waals surface area contributed by atoms with Crippen molar-refractivity contribution in [2.75, 3.05) is 6.54 Å². The molecule has 0 saturated carbocycles. The van der Waals surface area contributed by atoms with Gasteiger partial charge in [-0.1, -0.05) is 25.4 Å². The van der Waals surface area contributed by atoms with E-state index in [9.17, 15) is 20.3 Å². The number of halogens is 1. The zero-order valence-electron chi connectivity index (χ0n) is 11.5. The average molecular weight is 303 g/mol. The van der Waals surface area contributed by atoms with Gasteiger partial charge in [-0.25, -0.2) is 0 Å². The molecule has 0 amide bonds. The van der Waals surface area contributed by atoms with Gasteiger partial charge in [-0.2, -0.15) is 0 Å². The molecule has 20 heavy (non-hydrogen) atoms. The van der Waals surface area contributed by atoms with Crippen molar-refractivity contribution in [1.29, 1.82) is 0 Å². The summed E-state index contributed by atoms with van der Waals surface area (Å²) >= 11 is 5.78. The molecule has 1 unspecified atom stereocenters. The number of aliphatic hydroxyl groups excluding tert-OH is 1. The quantitative estimate of drug-likeness (QED) is 0.531. The van der Waals surface area contributed by atoms with Crippen molar-refractivity contribution in [3.63, 3.8) is 0 Å². The minimum absolute atomic E-state index is 0.189. The lowest BCUT2D eigenvalue weighted by atomic mass is 10.1. The number of rotatable bonds is 7. The summed E-state index contributed by atoms with van der Waals surface area (Å²) in [5, 5.41) is 33.4. The third-order valence-electron chi connectivity index (χ3n) is 2.77. The summed E-state index contributed by atoms with van der Waals surface area (Å²) in [4.78, 5) is 10.1. The zero-order chi connectivity index (χ0) is 15.3. The van der Waals surface area contributed by atoms with Gasteiger partial charge in [0, 0.05) is 29.7 Å². The summed E-state index contributed by atoms with van der Waals surface area (Å²) in [6.07, 6.45) is 0.167. The summed E-state index contributed by atoms with van der Waals surface area (Å²) in [5.74, 6) is -0.0160. The van der Waals surface area contributed by atoms with Crippen LogP contribution < -0.4 is 5.32 Å². The fourth-order valence-corrected chi connectivity index (χ4v) is 2.15. The SMILES string of the molecule is CC(C)CC(O)CNCc1cc(Cl)cc([N+](=O)[O-])c1O. The Kier molecular flexibility index (Phi) is 6.19. The van der Waals surface area contributed by atoms with E-state index in [1.165, 1.54) is 6.07 Å². The van der Waals surface area contributed by atoms with Gasteiger partial charge in [-0.15, -0.1) is 0 Å². The molecule has 1 atom stereocenters. The van der Waals surface area contributed by atoms with E-state index in [0.717, 1.165) is 6.07 Å². The Morgan fingerprint density at radius 3 is 2.65 bits per heavy atom. The smallest absolute Gasteiger partial charge is 0.312 e. The first-order chi connectivity index (χ1) is 9.31. The van der Waals surface area contributed by atoms with E-state index >= 15 is 0 Å². The fraction of sp³-hybridized carbons (Fsp3) is 0.538. The van der Waals surface area contributed by atoms with Crippen LogP contribution in [0.4, 0.5) is 5.69 Å². The molecule has 3 N–H and O–H groups in total. The van der Waals surface area contributed by atoms with Crippen molar-refractivity contribution >= 4 is 17.3 Å². The van der Waals surface area contributed by atoms with Crippen molar-refractivity contribution in [3.05, 3.63) is 32.8 Å². The molecule has 0 aliphatic carbocycles. The van der Waals surface area contributed by atoms with E-state index in [-0.39, 0.29) is 11.6 Å². The number of nitrogens with zero attached hydrogens (tertiary/aromatic N) is 1. The molecule has 7 heteroatoms. The van der Waals surface area contributed by atoms with Gasteiger partial charge >= 0.3 is 5.69 Å². The summed E-state index contributed by atoms with van der Waals surface area (Å²) < 4.78 is 0. The molecule has 1 aromatic rings. The van der Waals surface area contributed by atoms with Crippen molar-refractivity contribution in [2.24, 2.45) is 5.92 Å². The number of benzene rings is 1. The first-order valence-electron chi connectivity index (χ1n) is 6.35. The van der Waals surface area contributed by atoms with E-state index in [1.807, 2.05) is 13.8 Å². The number of phenolic OH excluding ortho intramolecular Hbond substituents is 1. The van der Waals surface area contributed by atoms with Gasteiger partial charge in [0.15, 0.2) is 5.75 Å². The van der Waals surface area contributed by atoms with Crippen molar-refractivity contribution in [1.82, 2.24) is 5.32 Å². The normalized spacial score (nSPS) is 12.7. The molecule has 0 bridgehead atoms. The summed E-state index contributed by atoms with van der Waals surface area (Å²) in [5.41, 5.74) is -0.0852. The second-order valence-electron chi connectivity index (χ2n) is 5.10. The highest BCUT2D eigenvalue weighted by Gasteiger charge is 2.18. The number of aliphatic hydroxyl groups is 1. The minimum Gasteiger partial charge on any atom is -0.502 e. The number of hydrogen-bond donors (Lipinski definition) is 3. The van der Waals surface area contributed by atoms with Gasteiger partial charge in [0.05, 0.1) is 11.0 Å². The minimum atomic E-state index is -0.682. The van der Waals surface area contributed by atoms with Crippen molar-refractivity contribution in [2.45, 2.75) is 32.9 Å². The first kappa shape index (κ1) is 16.7. The lowest BCUT2D eigenvalue weighted by Crippen LogP contribution is -2.27. The van der Waals surface area contributed by atoms with Crippen LogP contribution in [0.5, 0.6) is 5.75 Å². The first-order valence-corrected chi connectivity index (χ1v) is 6.73. The Hall–Kier alpha value is -1.37. The number of hydrogen-bond acceptors (Lipinski definition) is 5. The summed E-state index contributed by atoms with van der Waals surface area (Å²) in [6, 6.07) is 2.57. The lowest BCUT2D eigenvalue weighted by Gasteiger charge is -2.14. The van der Waals surface area contributed by atoms with Crippen LogP contribution in [-0.4, -0.2) is 27.8 Å². The lowest BCUT2D eigenvalue weighted by molar-refractivity contribution is -0.385. The topological polar surface area (TPSA) is 95.6 Å². The Balaban J connectivity index is 2.67. The maximum Gasteiger partial charge on any atom is 0.312 e. The number of aromatic hydroxyl groups is 1. The standard InChI is InChI=1S/C13H19ClN2O4/c1-8(2)3-11(17)7-15-6-9-4-10(14)5-12(13(9)18)16(19)20/h4-5,8,11,15,17-18H,3,6-7H2,1-2H3. The van der Waals surface area contributed by atoms with E-state index in [2.05, 4.69) is 5.32 Å². The average Bonchev–Trinajstić information content (AvgIpc) is 2.31. The van der Waals surface area contributed by atoms with Crippen LogP contribution in [0.25, 0.3) is 0 Å². The molecule has 0 aliphatic rings. The molecular weight excluding hydrogens is 284 g/mol. The van der Waals surface area contributed by atoms with Gasteiger partial charge < -0.3 is 15.5 Å². The van der Waals surface area contributed by atoms with Crippen LogP contribution in [0.1, 0.15) is 25.8 Å². The fourth-order valence-electron chi connectivity index (χ4n) is 1.91. The predicted molar refractivity (Wildman–Crippen MR) is 76.9 cm³/mol. The van der Waals surface area contributed by atoms with Crippen LogP contribution in [0.15, 0.2) is 12.1 Å². The molecule has 0 aliphatic heterocycles. The van der Waals surface area contributed by atoms with E-state index in [0.29, 0.717) is 24.4 Å². The number of nitrogens with one attached hydrogen (secondary N) is 1. The molecule has 112 valence electrons.